The summed E-state index contributed by atoms with van der Waals surface area (Å²) in [4.78, 5) is 0. The van der Waals surface area contributed by atoms with Gasteiger partial charge in [0.25, 0.3) is 0 Å². The van der Waals surface area contributed by atoms with Crippen LogP contribution < -0.4 is 0 Å². The van der Waals surface area contributed by atoms with Gasteiger partial charge in [-0.05, 0) is 26.8 Å². The highest BCUT2D eigenvalue weighted by Crippen LogP contribution is 2.50. The summed E-state index contributed by atoms with van der Waals surface area (Å²) in [7, 11) is -3.60. The summed E-state index contributed by atoms with van der Waals surface area (Å²) in [5.41, 5.74) is 0. The average molecular weight is 233 g/mol. The highest BCUT2D eigenvalue weighted by Gasteiger charge is 2.28. The molecular formula is C9H16NO4P. The van der Waals surface area contributed by atoms with Crippen molar-refractivity contribution in [2.75, 3.05) is 13.2 Å². The average Bonchev–Trinajstić information content (AvgIpc) is 2.17. The van der Waals surface area contributed by atoms with Crippen molar-refractivity contribution in [3.05, 3.63) is 12.2 Å². The Hall–Kier alpha value is -0.660. The summed E-state index contributed by atoms with van der Waals surface area (Å²) >= 11 is 0. The number of phosphoric ester groups is 1. The zero-order valence-electron chi connectivity index (χ0n) is 9.17. The van der Waals surface area contributed by atoms with Gasteiger partial charge in [-0.3, -0.25) is 13.6 Å². The molecule has 0 bridgehead atoms. The molecule has 0 saturated carbocycles. The molecule has 0 aliphatic rings. The lowest BCUT2D eigenvalue weighted by atomic mass is 10.4. The van der Waals surface area contributed by atoms with Crippen molar-refractivity contribution in [2.45, 2.75) is 26.9 Å². The van der Waals surface area contributed by atoms with Crippen LogP contribution in [0.2, 0.25) is 0 Å². The first-order valence-corrected chi connectivity index (χ1v) is 6.17. The van der Waals surface area contributed by atoms with E-state index in [1.165, 1.54) is 6.08 Å². The van der Waals surface area contributed by atoms with Crippen LogP contribution in [0.4, 0.5) is 0 Å². The second-order valence-electron chi connectivity index (χ2n) is 2.46. The van der Waals surface area contributed by atoms with Gasteiger partial charge >= 0.3 is 7.82 Å². The lowest BCUT2D eigenvalue weighted by Crippen LogP contribution is -2.09. The summed E-state index contributed by atoms with van der Waals surface area (Å²) in [6.45, 7) is 5.48. The van der Waals surface area contributed by atoms with Crippen molar-refractivity contribution in [1.82, 2.24) is 0 Å². The zero-order valence-corrected chi connectivity index (χ0v) is 10.1. The van der Waals surface area contributed by atoms with Gasteiger partial charge in [-0.25, -0.2) is 4.57 Å². The molecule has 0 aromatic rings. The predicted molar refractivity (Wildman–Crippen MR) is 56.2 cm³/mol. The Labute approximate surface area is 90.3 Å². The van der Waals surface area contributed by atoms with E-state index >= 15 is 0 Å². The number of hydrogen-bond donors (Lipinski definition) is 0. The van der Waals surface area contributed by atoms with Crippen LogP contribution in [0.1, 0.15) is 20.8 Å². The molecule has 0 saturated heterocycles. The molecule has 0 aromatic carbocycles. The van der Waals surface area contributed by atoms with Crippen LogP contribution in [0.5, 0.6) is 0 Å². The van der Waals surface area contributed by atoms with E-state index in [1.54, 1.807) is 26.8 Å². The molecule has 0 heterocycles. The van der Waals surface area contributed by atoms with Gasteiger partial charge in [-0.1, -0.05) is 6.08 Å². The summed E-state index contributed by atoms with van der Waals surface area (Å²) in [5, 5.41) is 8.70. The molecule has 5 nitrogen and oxygen atoms in total. The minimum atomic E-state index is -3.60. The first kappa shape index (κ1) is 14.3. The lowest BCUT2D eigenvalue weighted by Gasteiger charge is -2.17. The molecule has 0 aliphatic heterocycles. The zero-order chi connectivity index (χ0) is 11.7. The van der Waals surface area contributed by atoms with Crippen LogP contribution in [-0.4, -0.2) is 19.3 Å². The Kier molecular flexibility index (Phi) is 7.27. The van der Waals surface area contributed by atoms with Gasteiger partial charge in [0.2, 0.25) is 0 Å². The van der Waals surface area contributed by atoms with E-state index in [4.69, 9.17) is 18.8 Å². The Bertz CT molecular complexity index is 274. The molecule has 86 valence electrons. The van der Waals surface area contributed by atoms with E-state index in [2.05, 4.69) is 0 Å². The second kappa shape index (κ2) is 7.61. The van der Waals surface area contributed by atoms with E-state index < -0.39 is 13.9 Å². The Morgan fingerprint density at radius 2 is 1.93 bits per heavy atom. The molecule has 6 heteroatoms. The van der Waals surface area contributed by atoms with E-state index in [1.807, 2.05) is 6.07 Å². The van der Waals surface area contributed by atoms with Gasteiger partial charge in [0.15, 0.2) is 6.10 Å². The highest BCUT2D eigenvalue weighted by atomic mass is 31.2. The van der Waals surface area contributed by atoms with E-state index in [0.29, 0.717) is 0 Å². The maximum Gasteiger partial charge on any atom is 0.476 e. The molecule has 0 fully saturated rings. The number of allylic oxidation sites excluding steroid dienone is 1. The number of nitriles is 1. The molecule has 1 atom stereocenters. The Morgan fingerprint density at radius 1 is 1.40 bits per heavy atom. The van der Waals surface area contributed by atoms with E-state index in [9.17, 15) is 4.57 Å². The maximum atomic E-state index is 11.8. The van der Waals surface area contributed by atoms with Crippen LogP contribution in [0.15, 0.2) is 12.2 Å². The monoisotopic (exact) mass is 233 g/mol. The Morgan fingerprint density at radius 3 is 2.27 bits per heavy atom. The summed E-state index contributed by atoms with van der Waals surface area (Å²) < 4.78 is 26.5. The normalized spacial score (nSPS) is 14.0. The van der Waals surface area contributed by atoms with Gasteiger partial charge in [0, 0.05) is 0 Å². The van der Waals surface area contributed by atoms with Crippen molar-refractivity contribution in [2.24, 2.45) is 0 Å². The van der Waals surface area contributed by atoms with Gasteiger partial charge in [-0.2, -0.15) is 5.26 Å². The summed E-state index contributed by atoms with van der Waals surface area (Å²) in [6.07, 6.45) is 2.19. The van der Waals surface area contributed by atoms with Crippen molar-refractivity contribution in [1.29, 1.82) is 5.26 Å². The van der Waals surface area contributed by atoms with Crippen LogP contribution in [0.3, 0.4) is 0 Å². The first-order chi connectivity index (χ1) is 7.11. The molecule has 0 spiro atoms. The highest BCUT2D eigenvalue weighted by molar-refractivity contribution is 7.48. The number of nitrogens with zero attached hydrogens (tertiary/aromatic N) is 1. The lowest BCUT2D eigenvalue weighted by molar-refractivity contribution is 0.116. The molecule has 0 amide bonds. The van der Waals surface area contributed by atoms with Crippen LogP contribution in [-0.2, 0) is 18.1 Å². The van der Waals surface area contributed by atoms with Crippen LogP contribution in [0, 0.1) is 11.3 Å². The number of phosphoric acid groups is 1. The number of hydrogen-bond acceptors (Lipinski definition) is 5. The van der Waals surface area contributed by atoms with Crippen LogP contribution >= 0.6 is 7.82 Å². The van der Waals surface area contributed by atoms with Crippen molar-refractivity contribution >= 4 is 7.82 Å². The third-order valence-electron chi connectivity index (χ3n) is 1.31. The SMILES string of the molecule is C/C=C/C(C#N)OP(=O)(OCC)OCC. The van der Waals surface area contributed by atoms with Crippen molar-refractivity contribution in [3.63, 3.8) is 0 Å². The fraction of sp³-hybridized carbons (Fsp3) is 0.667. The minimum absolute atomic E-state index is 0.200. The van der Waals surface area contributed by atoms with Gasteiger partial charge in [-0.15, -0.1) is 0 Å². The van der Waals surface area contributed by atoms with Gasteiger partial charge < -0.3 is 0 Å². The summed E-state index contributed by atoms with van der Waals surface area (Å²) in [5.74, 6) is 0. The first-order valence-electron chi connectivity index (χ1n) is 4.71. The molecule has 0 aliphatic carbocycles. The second-order valence-corrected chi connectivity index (χ2v) is 4.09. The molecule has 0 rings (SSSR count). The van der Waals surface area contributed by atoms with E-state index in [0.717, 1.165) is 0 Å². The fourth-order valence-corrected chi connectivity index (χ4v) is 2.05. The third-order valence-corrected chi connectivity index (χ3v) is 2.95. The molecule has 15 heavy (non-hydrogen) atoms. The molecule has 0 radical (unpaired) electrons. The fourth-order valence-electron chi connectivity index (χ4n) is 0.830. The standard InChI is InChI=1S/C9H16NO4P/c1-4-7-9(8-10)14-15(11,12-5-2)13-6-3/h4,7,9H,5-6H2,1-3H3/b7-4+. The summed E-state index contributed by atoms with van der Waals surface area (Å²) in [6, 6.07) is 1.83. The predicted octanol–water partition coefficient (Wildman–Crippen LogP) is 2.65. The van der Waals surface area contributed by atoms with Crippen molar-refractivity contribution < 1.29 is 18.1 Å². The van der Waals surface area contributed by atoms with E-state index in [-0.39, 0.29) is 13.2 Å². The Balaban J connectivity index is 4.52. The third kappa shape index (κ3) is 5.71. The maximum absolute atomic E-state index is 11.8. The van der Waals surface area contributed by atoms with Crippen molar-refractivity contribution in [3.8, 4) is 6.07 Å². The van der Waals surface area contributed by atoms with Crippen LogP contribution in [0.25, 0.3) is 0 Å². The molecular weight excluding hydrogens is 217 g/mol. The topological polar surface area (TPSA) is 68.5 Å². The molecule has 0 aromatic heterocycles. The largest absolute Gasteiger partial charge is 0.476 e. The minimum Gasteiger partial charge on any atom is -0.287 e. The molecule has 1 unspecified atom stereocenters. The quantitative estimate of drug-likeness (QED) is 0.499. The van der Waals surface area contributed by atoms with Gasteiger partial charge in [0.05, 0.1) is 19.3 Å². The molecule has 0 N–H and O–H groups in total. The van der Waals surface area contributed by atoms with Gasteiger partial charge in [0.1, 0.15) is 0 Å². The smallest absolute Gasteiger partial charge is 0.287 e. The number of rotatable bonds is 7.